The van der Waals surface area contributed by atoms with E-state index in [1.54, 1.807) is 32.2 Å². The van der Waals surface area contributed by atoms with Crippen LogP contribution in [0.1, 0.15) is 28.1 Å². The molecule has 28 heavy (non-hydrogen) atoms. The molecule has 0 radical (unpaired) electrons. The Kier molecular flexibility index (Phi) is 5.22. The van der Waals surface area contributed by atoms with E-state index in [0.29, 0.717) is 28.5 Å². The number of hydrogen-bond donors (Lipinski definition) is 1. The predicted molar refractivity (Wildman–Crippen MR) is 99.3 cm³/mol. The van der Waals surface area contributed by atoms with Gasteiger partial charge in [0.1, 0.15) is 5.82 Å². The Bertz CT molecular complexity index is 1020. The number of pyridine rings is 1. The maximum absolute atomic E-state index is 13.0. The average Bonchev–Trinajstić information content (AvgIpc) is 2.91. The van der Waals surface area contributed by atoms with Gasteiger partial charge in [0, 0.05) is 17.5 Å². The van der Waals surface area contributed by atoms with Crippen molar-refractivity contribution in [3.05, 3.63) is 70.7 Å². The monoisotopic (exact) mass is 388 g/mol. The van der Waals surface area contributed by atoms with Crippen LogP contribution in [0.15, 0.2) is 42.6 Å². The zero-order valence-corrected chi connectivity index (χ0v) is 15.6. The molecule has 0 bridgehead atoms. The molecule has 0 saturated heterocycles. The van der Waals surface area contributed by atoms with Gasteiger partial charge in [0.05, 0.1) is 23.4 Å². The summed E-state index contributed by atoms with van der Waals surface area (Å²) in [4.78, 5) is 16.6. The van der Waals surface area contributed by atoms with Crippen molar-refractivity contribution in [2.75, 3.05) is 5.32 Å². The van der Waals surface area contributed by atoms with Crippen LogP contribution < -0.4 is 5.32 Å². The number of anilines is 1. The molecule has 0 aliphatic heterocycles. The van der Waals surface area contributed by atoms with Crippen LogP contribution in [0.25, 0.3) is 5.69 Å². The molecule has 0 atom stereocenters. The Morgan fingerprint density at radius 1 is 1.14 bits per heavy atom. The minimum absolute atomic E-state index is 0.0483. The lowest BCUT2D eigenvalue weighted by atomic mass is 10.1. The fourth-order valence-electron chi connectivity index (χ4n) is 2.95. The minimum Gasteiger partial charge on any atom is -0.310 e. The van der Waals surface area contributed by atoms with Gasteiger partial charge in [-0.05, 0) is 50.6 Å². The molecule has 3 rings (SSSR count). The Balaban J connectivity index is 1.86. The van der Waals surface area contributed by atoms with Gasteiger partial charge in [-0.2, -0.15) is 18.3 Å². The second-order valence-corrected chi connectivity index (χ2v) is 6.50. The average molecular weight is 388 g/mol. The number of aryl methyl sites for hydroxylation is 2. The lowest BCUT2D eigenvalue weighted by Crippen LogP contribution is -2.17. The summed E-state index contributed by atoms with van der Waals surface area (Å²) < 4.78 is 40.4. The zero-order chi connectivity index (χ0) is 20.5. The molecule has 0 fully saturated rings. The Morgan fingerprint density at radius 3 is 2.57 bits per heavy atom. The summed E-state index contributed by atoms with van der Waals surface area (Å²) in [5, 5.41) is 7.09. The van der Waals surface area contributed by atoms with Crippen LogP contribution >= 0.6 is 0 Å². The molecule has 0 aliphatic rings. The number of hydrogen-bond acceptors (Lipinski definition) is 3. The van der Waals surface area contributed by atoms with E-state index in [1.807, 2.05) is 13.0 Å². The second kappa shape index (κ2) is 7.46. The Hall–Kier alpha value is -3.16. The molecular formula is C20H19F3N4O. The molecule has 0 unspecified atom stereocenters. The molecule has 0 saturated carbocycles. The van der Waals surface area contributed by atoms with E-state index in [1.165, 1.54) is 10.7 Å². The molecule has 5 nitrogen and oxygen atoms in total. The van der Waals surface area contributed by atoms with E-state index in [-0.39, 0.29) is 12.3 Å². The van der Waals surface area contributed by atoms with Crippen molar-refractivity contribution in [3.63, 3.8) is 0 Å². The molecule has 2 heterocycles. The highest BCUT2D eigenvalue weighted by molar-refractivity contribution is 5.92. The quantitative estimate of drug-likeness (QED) is 0.721. The van der Waals surface area contributed by atoms with Crippen molar-refractivity contribution < 1.29 is 18.0 Å². The lowest BCUT2D eigenvalue weighted by Gasteiger charge is -2.10. The Morgan fingerprint density at radius 2 is 1.89 bits per heavy atom. The minimum atomic E-state index is -4.44. The van der Waals surface area contributed by atoms with Gasteiger partial charge in [-0.1, -0.05) is 12.1 Å². The fourth-order valence-corrected chi connectivity index (χ4v) is 2.95. The number of benzene rings is 1. The summed E-state index contributed by atoms with van der Waals surface area (Å²) in [5.41, 5.74) is 2.25. The standard InChI is InChI=1S/C20H19F3N4O/c1-12-6-5-9-24-19(12)25-18(28)11-17-13(2)26-27(14(17)3)16-8-4-7-15(10-16)20(21,22)23/h4-10H,11H2,1-3H3,(H,24,25,28). The summed E-state index contributed by atoms with van der Waals surface area (Å²) in [6, 6.07) is 8.56. The van der Waals surface area contributed by atoms with Crippen LogP contribution in [0.5, 0.6) is 0 Å². The summed E-state index contributed by atoms with van der Waals surface area (Å²) >= 11 is 0. The first-order chi connectivity index (χ1) is 13.2. The maximum Gasteiger partial charge on any atom is 0.416 e. The van der Waals surface area contributed by atoms with Gasteiger partial charge in [0.25, 0.3) is 0 Å². The van der Waals surface area contributed by atoms with E-state index in [0.717, 1.165) is 17.7 Å². The van der Waals surface area contributed by atoms with Crippen LogP contribution in [0, 0.1) is 20.8 Å². The van der Waals surface area contributed by atoms with E-state index in [9.17, 15) is 18.0 Å². The highest BCUT2D eigenvalue weighted by atomic mass is 19.4. The number of amides is 1. The van der Waals surface area contributed by atoms with Gasteiger partial charge < -0.3 is 5.32 Å². The van der Waals surface area contributed by atoms with Gasteiger partial charge in [-0.3, -0.25) is 4.79 Å². The van der Waals surface area contributed by atoms with Crippen LogP contribution in [-0.2, 0) is 17.4 Å². The fraction of sp³-hybridized carbons (Fsp3) is 0.250. The number of carbonyl (C=O) groups excluding carboxylic acids is 1. The van der Waals surface area contributed by atoms with Gasteiger partial charge >= 0.3 is 6.18 Å². The van der Waals surface area contributed by atoms with Gasteiger partial charge in [-0.25, -0.2) is 9.67 Å². The van der Waals surface area contributed by atoms with Crippen molar-refractivity contribution in [2.45, 2.75) is 33.4 Å². The zero-order valence-electron chi connectivity index (χ0n) is 15.6. The first-order valence-electron chi connectivity index (χ1n) is 8.61. The first kappa shape index (κ1) is 19.6. The normalized spacial score (nSPS) is 11.5. The summed E-state index contributed by atoms with van der Waals surface area (Å²) in [5.74, 6) is 0.213. The van der Waals surface area contributed by atoms with Crippen molar-refractivity contribution in [1.29, 1.82) is 0 Å². The topological polar surface area (TPSA) is 59.8 Å². The largest absolute Gasteiger partial charge is 0.416 e. The molecule has 3 aromatic rings. The van der Waals surface area contributed by atoms with Crippen molar-refractivity contribution in [1.82, 2.24) is 14.8 Å². The molecule has 8 heteroatoms. The molecule has 1 amide bonds. The van der Waals surface area contributed by atoms with E-state index in [4.69, 9.17) is 0 Å². The molecule has 1 N–H and O–H groups in total. The molecular weight excluding hydrogens is 369 g/mol. The summed E-state index contributed by atoms with van der Waals surface area (Å²) in [6.07, 6.45) is -2.80. The number of carbonyl (C=O) groups is 1. The highest BCUT2D eigenvalue weighted by Crippen LogP contribution is 2.31. The van der Waals surface area contributed by atoms with Crippen LogP contribution in [-0.4, -0.2) is 20.7 Å². The third-order valence-electron chi connectivity index (χ3n) is 4.46. The number of halogens is 3. The highest BCUT2D eigenvalue weighted by Gasteiger charge is 2.30. The predicted octanol–water partition coefficient (Wildman–Crippen LogP) is 4.39. The smallest absolute Gasteiger partial charge is 0.310 e. The number of nitrogens with one attached hydrogen (secondary N) is 1. The van der Waals surface area contributed by atoms with Crippen LogP contribution in [0.4, 0.5) is 19.0 Å². The Labute approximate surface area is 160 Å². The van der Waals surface area contributed by atoms with Crippen molar-refractivity contribution >= 4 is 11.7 Å². The third kappa shape index (κ3) is 4.05. The first-order valence-corrected chi connectivity index (χ1v) is 8.61. The van der Waals surface area contributed by atoms with Gasteiger partial charge in [0.2, 0.25) is 5.91 Å². The number of nitrogens with zero attached hydrogens (tertiary/aromatic N) is 3. The van der Waals surface area contributed by atoms with Gasteiger partial charge in [-0.15, -0.1) is 0 Å². The van der Waals surface area contributed by atoms with E-state index < -0.39 is 11.7 Å². The molecule has 0 spiro atoms. The number of rotatable bonds is 4. The molecule has 0 aliphatic carbocycles. The van der Waals surface area contributed by atoms with E-state index >= 15 is 0 Å². The van der Waals surface area contributed by atoms with Crippen molar-refractivity contribution in [2.24, 2.45) is 0 Å². The molecule has 146 valence electrons. The maximum atomic E-state index is 13.0. The van der Waals surface area contributed by atoms with Crippen molar-refractivity contribution in [3.8, 4) is 5.69 Å². The number of alkyl halides is 3. The second-order valence-electron chi connectivity index (χ2n) is 6.50. The number of aromatic nitrogens is 3. The van der Waals surface area contributed by atoms with Crippen LogP contribution in [0.3, 0.4) is 0 Å². The SMILES string of the molecule is Cc1cccnc1NC(=O)Cc1c(C)nn(-c2cccc(C(F)(F)F)c2)c1C. The summed E-state index contributed by atoms with van der Waals surface area (Å²) in [7, 11) is 0. The van der Waals surface area contributed by atoms with Gasteiger partial charge in [0.15, 0.2) is 0 Å². The summed E-state index contributed by atoms with van der Waals surface area (Å²) in [6.45, 7) is 5.30. The van der Waals surface area contributed by atoms with Crippen LogP contribution in [0.2, 0.25) is 0 Å². The molecule has 2 aromatic heterocycles. The lowest BCUT2D eigenvalue weighted by molar-refractivity contribution is -0.137. The third-order valence-corrected chi connectivity index (χ3v) is 4.46. The van der Waals surface area contributed by atoms with E-state index in [2.05, 4.69) is 15.4 Å². The molecule has 1 aromatic carbocycles.